The predicted molar refractivity (Wildman–Crippen MR) is 63.0 cm³/mol. The van der Waals surface area contributed by atoms with Crippen molar-refractivity contribution in [3.05, 3.63) is 47.8 Å². The van der Waals surface area contributed by atoms with Gasteiger partial charge in [-0.05, 0) is 24.1 Å². The summed E-state index contributed by atoms with van der Waals surface area (Å²) in [4.78, 5) is 6.96. The number of anilines is 1. The molecule has 0 radical (unpaired) electrons. The van der Waals surface area contributed by atoms with E-state index in [1.165, 1.54) is 5.56 Å². The Hall–Kier alpha value is -2.03. The van der Waals surface area contributed by atoms with Gasteiger partial charge < -0.3 is 10.7 Å². The maximum Gasteiger partial charge on any atom is 0.197 e. The van der Waals surface area contributed by atoms with Crippen LogP contribution in [0.15, 0.2) is 36.5 Å². The lowest BCUT2D eigenvalue weighted by Gasteiger charge is -1.97. The van der Waals surface area contributed by atoms with Gasteiger partial charge >= 0.3 is 0 Å². The molecule has 0 saturated carbocycles. The minimum Gasteiger partial charge on any atom is -0.369 e. The number of nitrogens with zero attached hydrogens (tertiary/aromatic N) is 1. The Balaban J connectivity index is 2.28. The second-order valence-corrected chi connectivity index (χ2v) is 3.42. The molecule has 3 heteroatoms. The van der Waals surface area contributed by atoms with Gasteiger partial charge in [0.2, 0.25) is 0 Å². The predicted octanol–water partition coefficient (Wildman–Crippen LogP) is 2.55. The van der Waals surface area contributed by atoms with Crippen LogP contribution in [0.5, 0.6) is 0 Å². The molecule has 0 fully saturated rings. The summed E-state index contributed by atoms with van der Waals surface area (Å²) in [6, 6.07) is 10.1. The summed E-state index contributed by atoms with van der Waals surface area (Å²) in [6.07, 6.45) is 3.83. The second-order valence-electron chi connectivity index (χ2n) is 3.42. The molecule has 3 nitrogen and oxygen atoms in total. The van der Waals surface area contributed by atoms with Crippen LogP contribution in [0, 0.1) is 0 Å². The molecule has 3 N–H and O–H groups in total. The monoisotopic (exact) mass is 199 g/mol. The molecule has 0 saturated heterocycles. The van der Waals surface area contributed by atoms with E-state index in [2.05, 4.69) is 28.2 Å². The maximum atomic E-state index is 5.52. The fraction of sp³-hybridized carbons (Fsp3) is 0.0833. The van der Waals surface area contributed by atoms with E-state index >= 15 is 0 Å². The largest absolute Gasteiger partial charge is 0.369 e. The van der Waals surface area contributed by atoms with E-state index in [9.17, 15) is 0 Å². The van der Waals surface area contributed by atoms with Crippen molar-refractivity contribution >= 4 is 17.6 Å². The zero-order valence-electron chi connectivity index (χ0n) is 8.57. The highest BCUT2D eigenvalue weighted by Crippen LogP contribution is 2.15. The third-order valence-corrected chi connectivity index (χ3v) is 2.20. The molecule has 0 aliphatic carbocycles. The highest BCUT2D eigenvalue weighted by Gasteiger charge is 1.98. The van der Waals surface area contributed by atoms with E-state index in [1.807, 2.05) is 25.1 Å². The molecule has 0 bridgehead atoms. The van der Waals surface area contributed by atoms with Crippen LogP contribution in [0.1, 0.15) is 18.2 Å². The first-order valence-corrected chi connectivity index (χ1v) is 4.80. The number of nitrogens with one attached hydrogen (secondary N) is 1. The van der Waals surface area contributed by atoms with Crippen LogP contribution in [0.2, 0.25) is 0 Å². The zero-order valence-corrected chi connectivity index (χ0v) is 8.57. The smallest absolute Gasteiger partial charge is 0.197 e. The molecule has 0 unspecified atom stereocenters. The topological polar surface area (TPSA) is 54.7 Å². The molecule has 0 aliphatic rings. The number of imidazole rings is 1. The molecule has 0 amide bonds. The van der Waals surface area contributed by atoms with E-state index in [-0.39, 0.29) is 0 Å². The van der Waals surface area contributed by atoms with Gasteiger partial charge in [-0.25, -0.2) is 4.98 Å². The Morgan fingerprint density at radius 2 is 2.07 bits per heavy atom. The number of H-pyrrole nitrogens is 1. The molecule has 0 aliphatic heterocycles. The molecule has 1 heterocycles. The SMILES string of the molecule is C/C(=C/c1ccccc1)c1cnc(N)[nH]1. The molecule has 2 rings (SSSR count). The van der Waals surface area contributed by atoms with Crippen LogP contribution in [0.25, 0.3) is 11.6 Å². The summed E-state index contributed by atoms with van der Waals surface area (Å²) in [5.74, 6) is 0.450. The van der Waals surface area contributed by atoms with E-state index in [0.29, 0.717) is 5.95 Å². The molecule has 1 aromatic heterocycles. The first kappa shape index (κ1) is 9.52. The Labute approximate surface area is 88.7 Å². The van der Waals surface area contributed by atoms with Crippen molar-refractivity contribution in [1.29, 1.82) is 0 Å². The summed E-state index contributed by atoms with van der Waals surface area (Å²) >= 11 is 0. The minimum absolute atomic E-state index is 0.450. The molecule has 1 aromatic carbocycles. The van der Waals surface area contributed by atoms with E-state index in [1.54, 1.807) is 6.20 Å². The van der Waals surface area contributed by atoms with Crippen molar-refractivity contribution in [1.82, 2.24) is 9.97 Å². The molecule has 0 spiro atoms. The van der Waals surface area contributed by atoms with Crippen molar-refractivity contribution in [2.24, 2.45) is 0 Å². The average molecular weight is 199 g/mol. The van der Waals surface area contributed by atoms with Gasteiger partial charge in [0.25, 0.3) is 0 Å². The Bertz CT molecular complexity index is 469. The third-order valence-electron chi connectivity index (χ3n) is 2.20. The van der Waals surface area contributed by atoms with Crippen molar-refractivity contribution < 1.29 is 0 Å². The van der Waals surface area contributed by atoms with E-state index in [0.717, 1.165) is 11.3 Å². The number of benzene rings is 1. The highest BCUT2D eigenvalue weighted by molar-refractivity contribution is 5.78. The van der Waals surface area contributed by atoms with Gasteiger partial charge in [0.1, 0.15) is 0 Å². The van der Waals surface area contributed by atoms with Gasteiger partial charge in [-0.1, -0.05) is 30.3 Å². The van der Waals surface area contributed by atoms with Crippen molar-refractivity contribution in [3.63, 3.8) is 0 Å². The van der Waals surface area contributed by atoms with Crippen LogP contribution in [-0.2, 0) is 0 Å². The quantitative estimate of drug-likeness (QED) is 0.781. The standard InChI is InChI=1S/C12H13N3/c1-9(11-8-14-12(13)15-11)7-10-5-3-2-4-6-10/h2-8H,1H3,(H3,13,14,15)/b9-7-. The third kappa shape index (κ3) is 2.26. The Morgan fingerprint density at radius 1 is 1.33 bits per heavy atom. The number of allylic oxidation sites excluding steroid dienone is 1. The fourth-order valence-electron chi connectivity index (χ4n) is 1.41. The van der Waals surface area contributed by atoms with E-state index < -0.39 is 0 Å². The lowest BCUT2D eigenvalue weighted by atomic mass is 10.1. The maximum absolute atomic E-state index is 5.52. The Morgan fingerprint density at radius 3 is 2.67 bits per heavy atom. The summed E-state index contributed by atoms with van der Waals surface area (Å²) in [5.41, 5.74) is 8.76. The lowest BCUT2D eigenvalue weighted by Crippen LogP contribution is -1.86. The number of nitrogen functional groups attached to an aromatic ring is 1. The molecule has 76 valence electrons. The number of nitrogens with two attached hydrogens (primary N) is 1. The van der Waals surface area contributed by atoms with Crippen LogP contribution in [0.3, 0.4) is 0 Å². The normalized spacial score (nSPS) is 11.7. The van der Waals surface area contributed by atoms with E-state index in [4.69, 9.17) is 5.73 Å². The van der Waals surface area contributed by atoms with Crippen molar-refractivity contribution in [2.45, 2.75) is 6.92 Å². The van der Waals surface area contributed by atoms with Crippen LogP contribution < -0.4 is 5.73 Å². The molecular formula is C12H13N3. The first-order valence-electron chi connectivity index (χ1n) is 4.80. The van der Waals surface area contributed by atoms with Gasteiger partial charge in [-0.15, -0.1) is 0 Å². The highest BCUT2D eigenvalue weighted by atomic mass is 15.0. The molecule has 15 heavy (non-hydrogen) atoms. The number of aromatic amines is 1. The Kier molecular flexibility index (Phi) is 2.54. The number of rotatable bonds is 2. The second kappa shape index (κ2) is 4.00. The fourth-order valence-corrected chi connectivity index (χ4v) is 1.41. The minimum atomic E-state index is 0.450. The van der Waals surface area contributed by atoms with Gasteiger partial charge in [-0.3, -0.25) is 0 Å². The van der Waals surface area contributed by atoms with Crippen molar-refractivity contribution in [3.8, 4) is 0 Å². The average Bonchev–Trinajstić information content (AvgIpc) is 2.66. The summed E-state index contributed by atoms with van der Waals surface area (Å²) in [6.45, 7) is 2.03. The van der Waals surface area contributed by atoms with Gasteiger partial charge in [0.05, 0.1) is 11.9 Å². The number of hydrogen-bond donors (Lipinski definition) is 2. The zero-order chi connectivity index (χ0) is 10.7. The van der Waals surface area contributed by atoms with Crippen molar-refractivity contribution in [2.75, 3.05) is 5.73 Å². The number of aromatic nitrogens is 2. The first-order chi connectivity index (χ1) is 7.25. The van der Waals surface area contributed by atoms with Gasteiger partial charge in [0, 0.05) is 0 Å². The lowest BCUT2D eigenvalue weighted by molar-refractivity contribution is 1.31. The van der Waals surface area contributed by atoms with Crippen LogP contribution in [0.4, 0.5) is 5.95 Å². The van der Waals surface area contributed by atoms with Gasteiger partial charge in [-0.2, -0.15) is 0 Å². The molecule has 0 atom stereocenters. The number of hydrogen-bond acceptors (Lipinski definition) is 2. The molecule has 2 aromatic rings. The van der Waals surface area contributed by atoms with Crippen LogP contribution >= 0.6 is 0 Å². The summed E-state index contributed by atoms with van der Waals surface area (Å²) in [7, 11) is 0. The molecular weight excluding hydrogens is 186 g/mol. The summed E-state index contributed by atoms with van der Waals surface area (Å²) in [5, 5.41) is 0. The van der Waals surface area contributed by atoms with Crippen LogP contribution in [-0.4, -0.2) is 9.97 Å². The van der Waals surface area contributed by atoms with Gasteiger partial charge in [0.15, 0.2) is 5.95 Å². The summed E-state index contributed by atoms with van der Waals surface area (Å²) < 4.78 is 0.